The van der Waals surface area contributed by atoms with Gasteiger partial charge in [-0.2, -0.15) is 0 Å². The van der Waals surface area contributed by atoms with Crippen LogP contribution in [0, 0.1) is 0 Å². The summed E-state index contributed by atoms with van der Waals surface area (Å²) in [6.07, 6.45) is 3.32. The summed E-state index contributed by atoms with van der Waals surface area (Å²) < 4.78 is 5.49. The van der Waals surface area contributed by atoms with Crippen molar-refractivity contribution in [3.8, 4) is 0 Å². The van der Waals surface area contributed by atoms with Crippen LogP contribution < -0.4 is 0 Å². The predicted octanol–water partition coefficient (Wildman–Crippen LogP) is 2.79. The van der Waals surface area contributed by atoms with Crippen LogP contribution in [0.1, 0.15) is 32.5 Å². The fourth-order valence-corrected chi connectivity index (χ4v) is 1.64. The van der Waals surface area contributed by atoms with Crippen molar-refractivity contribution >= 4 is 11.6 Å². The summed E-state index contributed by atoms with van der Waals surface area (Å²) in [6.45, 7) is 4.11. The molecule has 78 valence electrons. The molecule has 0 radical (unpaired) electrons. The van der Waals surface area contributed by atoms with E-state index in [1.54, 1.807) is 19.4 Å². The molecule has 0 bridgehead atoms. The maximum Gasteiger partial charge on any atom is 0.161 e. The van der Waals surface area contributed by atoms with Crippen LogP contribution in [-0.2, 0) is 10.3 Å². The molecule has 4 heteroatoms. The third kappa shape index (κ3) is 2.04. The number of ether oxygens (including phenoxy) is 1. The smallest absolute Gasteiger partial charge is 0.161 e. The van der Waals surface area contributed by atoms with Gasteiger partial charge in [-0.05, 0) is 18.9 Å². The van der Waals surface area contributed by atoms with Crippen LogP contribution in [0.5, 0.6) is 0 Å². The van der Waals surface area contributed by atoms with Gasteiger partial charge in [0.15, 0.2) is 5.82 Å². The highest BCUT2D eigenvalue weighted by Gasteiger charge is 2.31. The second-order valence-corrected chi connectivity index (χ2v) is 3.50. The van der Waals surface area contributed by atoms with E-state index in [2.05, 4.69) is 23.8 Å². The summed E-state index contributed by atoms with van der Waals surface area (Å²) >= 11 is 5.82. The van der Waals surface area contributed by atoms with Gasteiger partial charge in [0.05, 0.1) is 0 Å². The van der Waals surface area contributed by atoms with E-state index in [1.165, 1.54) is 0 Å². The molecular weight excluding hydrogens is 200 g/mol. The Morgan fingerprint density at radius 2 is 2.07 bits per heavy atom. The molecule has 0 saturated heterocycles. The van der Waals surface area contributed by atoms with E-state index < -0.39 is 5.60 Å². The Labute approximate surface area is 89.5 Å². The zero-order valence-corrected chi connectivity index (χ0v) is 9.51. The summed E-state index contributed by atoms with van der Waals surface area (Å²) in [4.78, 5) is 8.39. The second kappa shape index (κ2) is 4.71. The first-order valence-corrected chi connectivity index (χ1v) is 5.10. The summed E-state index contributed by atoms with van der Waals surface area (Å²) in [6, 6.07) is 1.66. The molecule has 0 spiro atoms. The van der Waals surface area contributed by atoms with Crippen molar-refractivity contribution in [3.05, 3.63) is 23.2 Å². The first-order valence-electron chi connectivity index (χ1n) is 4.72. The van der Waals surface area contributed by atoms with E-state index >= 15 is 0 Å². The van der Waals surface area contributed by atoms with Gasteiger partial charge in [0, 0.05) is 13.3 Å². The van der Waals surface area contributed by atoms with E-state index in [0.717, 1.165) is 12.8 Å². The quantitative estimate of drug-likeness (QED) is 0.723. The van der Waals surface area contributed by atoms with Crippen molar-refractivity contribution in [3.63, 3.8) is 0 Å². The van der Waals surface area contributed by atoms with Gasteiger partial charge in [0.25, 0.3) is 0 Å². The molecule has 1 heterocycles. The van der Waals surface area contributed by atoms with E-state index in [0.29, 0.717) is 11.0 Å². The number of aromatic nitrogens is 2. The Morgan fingerprint density at radius 3 is 2.50 bits per heavy atom. The average Bonchev–Trinajstić information content (AvgIpc) is 2.22. The minimum absolute atomic E-state index is 0.398. The first kappa shape index (κ1) is 11.4. The van der Waals surface area contributed by atoms with E-state index in [4.69, 9.17) is 16.3 Å². The van der Waals surface area contributed by atoms with Crippen molar-refractivity contribution in [1.29, 1.82) is 0 Å². The first-order chi connectivity index (χ1) is 6.68. The monoisotopic (exact) mass is 214 g/mol. The second-order valence-electron chi connectivity index (χ2n) is 3.11. The van der Waals surface area contributed by atoms with Crippen LogP contribution in [0.4, 0.5) is 0 Å². The van der Waals surface area contributed by atoms with Crippen LogP contribution >= 0.6 is 11.6 Å². The summed E-state index contributed by atoms with van der Waals surface area (Å²) in [5.74, 6) is 0.664. The van der Waals surface area contributed by atoms with Crippen molar-refractivity contribution in [2.45, 2.75) is 32.3 Å². The van der Waals surface area contributed by atoms with Crippen LogP contribution in [0.25, 0.3) is 0 Å². The Balaban J connectivity index is 3.10. The lowest BCUT2D eigenvalue weighted by atomic mass is 9.96. The van der Waals surface area contributed by atoms with Crippen LogP contribution in [-0.4, -0.2) is 17.1 Å². The molecule has 3 nitrogen and oxygen atoms in total. The zero-order chi connectivity index (χ0) is 10.6. The standard InChI is InChI=1S/C10H15ClN2O/c1-4-10(5-2,14-3)9-12-7-6-8(11)13-9/h6-7H,4-5H2,1-3H3. The van der Waals surface area contributed by atoms with Gasteiger partial charge < -0.3 is 4.74 Å². The van der Waals surface area contributed by atoms with Crippen molar-refractivity contribution in [2.75, 3.05) is 7.11 Å². The molecule has 0 atom stereocenters. The zero-order valence-electron chi connectivity index (χ0n) is 8.75. The molecule has 0 saturated carbocycles. The number of hydrogen-bond donors (Lipinski definition) is 0. The molecule has 0 aliphatic heterocycles. The fourth-order valence-electron chi connectivity index (χ4n) is 1.50. The molecule has 0 aliphatic carbocycles. The van der Waals surface area contributed by atoms with Gasteiger partial charge in [-0.25, -0.2) is 9.97 Å². The van der Waals surface area contributed by atoms with Crippen molar-refractivity contribution < 1.29 is 4.74 Å². The maximum absolute atomic E-state index is 5.82. The Kier molecular flexibility index (Phi) is 3.84. The SMILES string of the molecule is CCC(CC)(OC)c1nccc(Cl)n1. The minimum Gasteiger partial charge on any atom is -0.370 e. The minimum atomic E-state index is -0.398. The maximum atomic E-state index is 5.82. The largest absolute Gasteiger partial charge is 0.370 e. The molecule has 0 amide bonds. The molecule has 14 heavy (non-hydrogen) atoms. The highest BCUT2D eigenvalue weighted by atomic mass is 35.5. The number of rotatable bonds is 4. The van der Waals surface area contributed by atoms with Gasteiger partial charge in [-0.1, -0.05) is 25.4 Å². The lowest BCUT2D eigenvalue weighted by Gasteiger charge is -2.28. The lowest BCUT2D eigenvalue weighted by Crippen LogP contribution is -2.29. The third-order valence-electron chi connectivity index (χ3n) is 2.56. The molecule has 0 fully saturated rings. The summed E-state index contributed by atoms with van der Waals surface area (Å²) in [7, 11) is 1.68. The molecule has 1 aromatic heterocycles. The van der Waals surface area contributed by atoms with E-state index in [-0.39, 0.29) is 0 Å². The lowest BCUT2D eigenvalue weighted by molar-refractivity contribution is -0.0291. The van der Waals surface area contributed by atoms with Crippen LogP contribution in [0.15, 0.2) is 12.3 Å². The highest BCUT2D eigenvalue weighted by Crippen LogP contribution is 2.29. The fraction of sp³-hybridized carbons (Fsp3) is 0.600. The number of hydrogen-bond acceptors (Lipinski definition) is 3. The average molecular weight is 215 g/mol. The summed E-state index contributed by atoms with van der Waals surface area (Å²) in [5.41, 5.74) is -0.398. The predicted molar refractivity (Wildman–Crippen MR) is 56.3 cm³/mol. The number of halogens is 1. The van der Waals surface area contributed by atoms with E-state index in [9.17, 15) is 0 Å². The van der Waals surface area contributed by atoms with Crippen molar-refractivity contribution in [1.82, 2.24) is 9.97 Å². The van der Waals surface area contributed by atoms with Gasteiger partial charge in [0.2, 0.25) is 0 Å². The third-order valence-corrected chi connectivity index (χ3v) is 2.77. The number of nitrogens with zero attached hydrogens (tertiary/aromatic N) is 2. The van der Waals surface area contributed by atoms with Gasteiger partial charge >= 0.3 is 0 Å². The molecular formula is C10H15ClN2O. The number of methoxy groups -OCH3 is 1. The van der Waals surface area contributed by atoms with Crippen LogP contribution in [0.2, 0.25) is 5.15 Å². The van der Waals surface area contributed by atoms with Crippen LogP contribution in [0.3, 0.4) is 0 Å². The molecule has 0 aromatic carbocycles. The van der Waals surface area contributed by atoms with Crippen molar-refractivity contribution in [2.24, 2.45) is 0 Å². The Hall–Kier alpha value is -0.670. The topological polar surface area (TPSA) is 35.0 Å². The highest BCUT2D eigenvalue weighted by molar-refractivity contribution is 6.29. The van der Waals surface area contributed by atoms with Gasteiger partial charge in [0.1, 0.15) is 10.8 Å². The van der Waals surface area contributed by atoms with Gasteiger partial charge in [-0.3, -0.25) is 0 Å². The molecule has 0 N–H and O–H groups in total. The van der Waals surface area contributed by atoms with Gasteiger partial charge in [-0.15, -0.1) is 0 Å². The normalized spacial score (nSPS) is 11.7. The Morgan fingerprint density at radius 1 is 1.43 bits per heavy atom. The molecule has 0 unspecified atom stereocenters. The molecule has 1 rings (SSSR count). The molecule has 1 aromatic rings. The Bertz CT molecular complexity index is 292. The summed E-state index contributed by atoms with van der Waals surface area (Å²) in [5, 5.41) is 0.457. The molecule has 0 aliphatic rings. The van der Waals surface area contributed by atoms with E-state index in [1.807, 2.05) is 0 Å².